The van der Waals surface area contributed by atoms with Gasteiger partial charge >= 0.3 is 0 Å². The fourth-order valence-electron chi connectivity index (χ4n) is 4.64. The molecule has 4 rings (SSSR count). The summed E-state index contributed by atoms with van der Waals surface area (Å²) in [5.74, 6) is 1.23. The van der Waals surface area contributed by atoms with Gasteiger partial charge in [-0.05, 0) is 32.1 Å². The number of nitrogens with zero attached hydrogens (tertiary/aromatic N) is 1. The summed E-state index contributed by atoms with van der Waals surface area (Å²) in [7, 11) is 0. The number of ether oxygens (including phenoxy) is 1. The van der Waals surface area contributed by atoms with Crippen molar-refractivity contribution in [3.63, 3.8) is 0 Å². The SMILES string of the molecule is CC(C)N1C(=O)[C@@H]2[C@H]3C[C@H]4[C@H](O[C@@H]1[C@@H]42)[C@@H]3O. The Morgan fingerprint density at radius 2 is 2.19 bits per heavy atom. The van der Waals surface area contributed by atoms with E-state index in [0.29, 0.717) is 11.8 Å². The minimum Gasteiger partial charge on any atom is -0.390 e. The van der Waals surface area contributed by atoms with Crippen LogP contribution in [0, 0.1) is 23.7 Å². The lowest BCUT2D eigenvalue weighted by molar-refractivity contribution is -0.154. The van der Waals surface area contributed by atoms with Crippen LogP contribution in [0.15, 0.2) is 0 Å². The third-order valence-electron chi connectivity index (χ3n) is 5.11. The first kappa shape index (κ1) is 9.42. The third kappa shape index (κ3) is 0.778. The maximum atomic E-state index is 12.3. The molecule has 16 heavy (non-hydrogen) atoms. The van der Waals surface area contributed by atoms with Gasteiger partial charge < -0.3 is 14.7 Å². The number of aliphatic hydroxyl groups is 1. The second-order valence-corrected chi connectivity index (χ2v) is 5.99. The molecule has 1 N–H and O–H groups in total. The average molecular weight is 223 g/mol. The lowest BCUT2D eigenvalue weighted by Gasteiger charge is -2.32. The molecule has 7 atom stereocenters. The van der Waals surface area contributed by atoms with Crippen molar-refractivity contribution in [1.29, 1.82) is 0 Å². The first-order valence-electron chi connectivity index (χ1n) is 6.27. The molecule has 2 heterocycles. The van der Waals surface area contributed by atoms with Crippen LogP contribution in [-0.4, -0.2) is 40.4 Å². The van der Waals surface area contributed by atoms with Crippen LogP contribution in [0.1, 0.15) is 20.3 Å². The molecule has 2 saturated heterocycles. The number of aliphatic hydroxyl groups excluding tert-OH is 1. The predicted octanol–water partition coefficient (Wildman–Crippen LogP) is 0.205. The summed E-state index contributed by atoms with van der Waals surface area (Å²) in [5.41, 5.74) is 0. The van der Waals surface area contributed by atoms with Crippen LogP contribution in [0.3, 0.4) is 0 Å². The molecule has 2 aliphatic carbocycles. The molecule has 2 bridgehead atoms. The van der Waals surface area contributed by atoms with E-state index in [-0.39, 0.29) is 36.1 Å². The number of fused-ring (bicyclic) bond motifs is 2. The minimum atomic E-state index is -0.394. The Hall–Kier alpha value is -0.610. The Labute approximate surface area is 94.6 Å². The van der Waals surface area contributed by atoms with E-state index in [1.165, 1.54) is 0 Å². The Bertz CT molecular complexity index is 369. The zero-order valence-corrected chi connectivity index (χ0v) is 9.54. The van der Waals surface area contributed by atoms with Gasteiger partial charge in [0.25, 0.3) is 0 Å². The summed E-state index contributed by atoms with van der Waals surface area (Å²) in [6, 6.07) is 0.207. The van der Waals surface area contributed by atoms with Crippen molar-refractivity contribution in [2.24, 2.45) is 23.7 Å². The van der Waals surface area contributed by atoms with Gasteiger partial charge in [-0.3, -0.25) is 4.79 Å². The van der Waals surface area contributed by atoms with Crippen LogP contribution in [0.2, 0.25) is 0 Å². The largest absolute Gasteiger partial charge is 0.390 e. The van der Waals surface area contributed by atoms with Gasteiger partial charge in [-0.15, -0.1) is 0 Å². The fraction of sp³-hybridized carbons (Fsp3) is 0.917. The number of hydrogen-bond donors (Lipinski definition) is 1. The van der Waals surface area contributed by atoms with Crippen LogP contribution in [-0.2, 0) is 9.53 Å². The molecule has 1 amide bonds. The highest BCUT2D eigenvalue weighted by Gasteiger charge is 2.72. The molecule has 0 unspecified atom stereocenters. The van der Waals surface area contributed by atoms with Crippen LogP contribution in [0.4, 0.5) is 0 Å². The van der Waals surface area contributed by atoms with E-state index in [9.17, 15) is 9.90 Å². The predicted molar refractivity (Wildman–Crippen MR) is 55.2 cm³/mol. The van der Waals surface area contributed by atoms with Crippen LogP contribution < -0.4 is 0 Å². The maximum Gasteiger partial charge on any atom is 0.228 e. The molecule has 4 aliphatic rings. The van der Waals surface area contributed by atoms with Crippen molar-refractivity contribution in [2.45, 2.75) is 44.7 Å². The van der Waals surface area contributed by atoms with Gasteiger partial charge in [-0.25, -0.2) is 0 Å². The lowest BCUT2D eigenvalue weighted by Crippen LogP contribution is -2.46. The van der Waals surface area contributed by atoms with Gasteiger partial charge in [0.1, 0.15) is 6.23 Å². The normalized spacial score (nSPS) is 57.1. The van der Waals surface area contributed by atoms with Crippen molar-refractivity contribution < 1.29 is 14.6 Å². The molecule has 0 aromatic rings. The van der Waals surface area contributed by atoms with E-state index in [1.54, 1.807) is 0 Å². The molecule has 0 radical (unpaired) electrons. The molecule has 4 nitrogen and oxygen atoms in total. The second kappa shape index (κ2) is 2.62. The summed E-state index contributed by atoms with van der Waals surface area (Å²) in [5, 5.41) is 10.1. The third-order valence-corrected chi connectivity index (χ3v) is 5.11. The Balaban J connectivity index is 1.80. The molecule has 88 valence electrons. The topological polar surface area (TPSA) is 49.8 Å². The minimum absolute atomic E-state index is 0.00519. The number of hydrogen-bond acceptors (Lipinski definition) is 3. The van der Waals surface area contributed by atoms with Crippen molar-refractivity contribution >= 4 is 5.91 Å². The lowest BCUT2D eigenvalue weighted by atomic mass is 9.80. The summed E-state index contributed by atoms with van der Waals surface area (Å²) in [4.78, 5) is 14.2. The van der Waals surface area contributed by atoms with E-state index in [2.05, 4.69) is 0 Å². The highest BCUT2D eigenvalue weighted by molar-refractivity contribution is 5.83. The molecule has 4 fully saturated rings. The standard InChI is InChI=1S/C12H17NO3/c1-4(2)13-11(15)7-5-3-6-8(7)12(13)16-10(6)9(5)14/h4-10,12,14H,3H2,1-2H3/t5-,6-,7-,8+,9-,10+,12-/m1/s1. The molecular formula is C12H17NO3. The number of carbonyl (C=O) groups is 1. The van der Waals surface area contributed by atoms with E-state index in [0.717, 1.165) is 6.42 Å². The summed E-state index contributed by atoms with van der Waals surface area (Å²) >= 11 is 0. The molecule has 2 saturated carbocycles. The van der Waals surface area contributed by atoms with Crippen LogP contribution >= 0.6 is 0 Å². The van der Waals surface area contributed by atoms with Gasteiger partial charge in [0.05, 0.1) is 18.1 Å². The van der Waals surface area contributed by atoms with Gasteiger partial charge in [-0.2, -0.15) is 0 Å². The number of likely N-dealkylation sites (tertiary alicyclic amines) is 1. The van der Waals surface area contributed by atoms with E-state index < -0.39 is 6.10 Å². The van der Waals surface area contributed by atoms with Crippen molar-refractivity contribution in [3.05, 3.63) is 0 Å². The Morgan fingerprint density at radius 3 is 2.88 bits per heavy atom. The zero-order chi connectivity index (χ0) is 11.2. The molecule has 0 aromatic carbocycles. The molecule has 0 spiro atoms. The molecular weight excluding hydrogens is 206 g/mol. The summed E-state index contributed by atoms with van der Waals surface area (Å²) in [6.07, 6.45) is 0.560. The van der Waals surface area contributed by atoms with Crippen LogP contribution in [0.25, 0.3) is 0 Å². The van der Waals surface area contributed by atoms with Gasteiger partial charge in [-0.1, -0.05) is 0 Å². The van der Waals surface area contributed by atoms with E-state index in [1.807, 2.05) is 18.7 Å². The highest BCUT2D eigenvalue weighted by Crippen LogP contribution is 2.63. The zero-order valence-electron chi connectivity index (χ0n) is 9.54. The second-order valence-electron chi connectivity index (χ2n) is 5.99. The molecule has 0 aromatic heterocycles. The summed E-state index contributed by atoms with van der Waals surface area (Å²) < 4.78 is 5.94. The van der Waals surface area contributed by atoms with E-state index in [4.69, 9.17) is 4.74 Å². The van der Waals surface area contributed by atoms with Crippen molar-refractivity contribution in [1.82, 2.24) is 4.90 Å². The van der Waals surface area contributed by atoms with Gasteiger partial charge in [0, 0.05) is 12.0 Å². The fourth-order valence-corrected chi connectivity index (χ4v) is 4.64. The van der Waals surface area contributed by atoms with Crippen LogP contribution in [0.5, 0.6) is 0 Å². The quantitative estimate of drug-likeness (QED) is 0.691. The van der Waals surface area contributed by atoms with Crippen molar-refractivity contribution in [2.75, 3.05) is 0 Å². The van der Waals surface area contributed by atoms with Gasteiger partial charge in [0.2, 0.25) is 5.91 Å². The Kier molecular flexibility index (Phi) is 1.54. The first-order valence-corrected chi connectivity index (χ1v) is 6.27. The Morgan fingerprint density at radius 1 is 1.44 bits per heavy atom. The monoisotopic (exact) mass is 223 g/mol. The smallest absolute Gasteiger partial charge is 0.228 e. The summed E-state index contributed by atoms with van der Waals surface area (Å²) in [6.45, 7) is 4.08. The number of amides is 1. The van der Waals surface area contributed by atoms with Gasteiger partial charge in [0.15, 0.2) is 0 Å². The maximum absolute atomic E-state index is 12.3. The van der Waals surface area contributed by atoms with E-state index >= 15 is 0 Å². The number of rotatable bonds is 1. The average Bonchev–Trinajstić information content (AvgIpc) is 2.83. The molecule has 2 aliphatic heterocycles. The van der Waals surface area contributed by atoms with Crippen molar-refractivity contribution in [3.8, 4) is 0 Å². The highest BCUT2D eigenvalue weighted by atomic mass is 16.5. The molecule has 4 heteroatoms. The first-order chi connectivity index (χ1) is 7.61. The number of carbonyl (C=O) groups excluding carboxylic acids is 1.